The van der Waals surface area contributed by atoms with Crippen molar-refractivity contribution in [1.29, 1.82) is 0 Å². The fourth-order valence-electron chi connectivity index (χ4n) is 0.338. The van der Waals surface area contributed by atoms with Gasteiger partial charge in [0.15, 0.2) is 0 Å². The van der Waals surface area contributed by atoms with Crippen molar-refractivity contribution in [2.45, 2.75) is 25.2 Å². The van der Waals surface area contributed by atoms with Gasteiger partial charge in [-0.2, -0.15) is 17.6 Å². The quantitative estimate of drug-likeness (QED) is 0.584. The molecule has 0 heterocycles. The van der Waals surface area contributed by atoms with Crippen molar-refractivity contribution >= 4 is 0 Å². The van der Waals surface area contributed by atoms with E-state index in [4.69, 9.17) is 0 Å². The summed E-state index contributed by atoms with van der Waals surface area (Å²) >= 11 is 0. The highest BCUT2D eigenvalue weighted by molar-refractivity contribution is 4.95. The lowest BCUT2D eigenvalue weighted by atomic mass is 10.1. The zero-order valence-corrected chi connectivity index (χ0v) is 5.42. The Bertz CT molecular complexity index is 129. The fraction of sp³-hybridized carbons (Fsp3) is 0.800. The Morgan fingerprint density at radius 1 is 1.09 bits per heavy atom. The van der Waals surface area contributed by atoms with Gasteiger partial charge in [-0.3, -0.25) is 0 Å². The van der Waals surface area contributed by atoms with E-state index in [1.54, 1.807) is 0 Å². The normalized spacial score (nSPS) is 14.2. The van der Waals surface area contributed by atoms with Gasteiger partial charge in [0.25, 0.3) is 0 Å². The molecule has 0 aliphatic heterocycles. The second-order valence-electron chi connectivity index (χ2n) is 1.84. The highest BCUT2D eigenvalue weighted by Gasteiger charge is 2.61. The summed E-state index contributed by atoms with van der Waals surface area (Å²) in [5, 5.41) is 0. The Hall–Kier alpha value is -0.420. The standard InChI is InChI=1S/C5H5F6/c1-2-4(8,9)5(10,11)3(6)7/h2-3H,1H3. The zero-order valence-electron chi connectivity index (χ0n) is 5.42. The molecule has 0 aromatic carbocycles. The minimum atomic E-state index is -5.28. The van der Waals surface area contributed by atoms with Crippen LogP contribution in [-0.4, -0.2) is 18.3 Å². The van der Waals surface area contributed by atoms with E-state index in [2.05, 4.69) is 0 Å². The molecule has 1 radical (unpaired) electrons. The van der Waals surface area contributed by atoms with Crippen molar-refractivity contribution in [3.63, 3.8) is 0 Å². The molecular formula is C5H5F6. The maximum atomic E-state index is 11.9. The smallest absolute Gasteiger partial charge is 0.203 e. The molecule has 67 valence electrons. The second-order valence-corrected chi connectivity index (χ2v) is 1.84. The maximum absolute atomic E-state index is 11.9. The first-order valence-electron chi connectivity index (χ1n) is 2.60. The van der Waals surface area contributed by atoms with Crippen LogP contribution in [0.4, 0.5) is 26.3 Å². The van der Waals surface area contributed by atoms with Crippen LogP contribution in [-0.2, 0) is 0 Å². The molecule has 0 aliphatic rings. The van der Waals surface area contributed by atoms with Gasteiger partial charge in [0.05, 0.1) is 0 Å². The summed E-state index contributed by atoms with van der Waals surface area (Å²) < 4.78 is 69.9. The van der Waals surface area contributed by atoms with Crippen molar-refractivity contribution in [3.8, 4) is 0 Å². The predicted molar refractivity (Wildman–Crippen MR) is 25.9 cm³/mol. The summed E-state index contributed by atoms with van der Waals surface area (Å²) in [5.41, 5.74) is 0. The van der Waals surface area contributed by atoms with E-state index in [9.17, 15) is 26.3 Å². The third-order valence-corrected chi connectivity index (χ3v) is 1.08. The summed E-state index contributed by atoms with van der Waals surface area (Å²) in [6.07, 6.45) is -4.60. The van der Waals surface area contributed by atoms with Crippen LogP contribution < -0.4 is 0 Å². The van der Waals surface area contributed by atoms with E-state index in [1.165, 1.54) is 0 Å². The summed E-state index contributed by atoms with van der Waals surface area (Å²) in [7, 11) is 0. The number of hydrogen-bond donors (Lipinski definition) is 0. The number of alkyl halides is 6. The average Bonchev–Trinajstić information content (AvgIpc) is 1.87. The highest BCUT2D eigenvalue weighted by atomic mass is 19.3. The van der Waals surface area contributed by atoms with E-state index in [0.29, 0.717) is 6.92 Å². The first kappa shape index (κ1) is 10.6. The van der Waals surface area contributed by atoms with Crippen LogP contribution in [0.2, 0.25) is 0 Å². The summed E-state index contributed by atoms with van der Waals surface area (Å²) in [5.74, 6) is -10.0. The molecule has 0 saturated carbocycles. The monoisotopic (exact) mass is 179 g/mol. The van der Waals surface area contributed by atoms with Crippen molar-refractivity contribution in [2.24, 2.45) is 0 Å². The number of hydrogen-bond acceptors (Lipinski definition) is 0. The van der Waals surface area contributed by atoms with E-state index in [1.807, 2.05) is 0 Å². The molecule has 0 nitrogen and oxygen atoms in total. The van der Waals surface area contributed by atoms with Gasteiger partial charge in [-0.25, -0.2) is 8.78 Å². The van der Waals surface area contributed by atoms with Crippen molar-refractivity contribution in [1.82, 2.24) is 0 Å². The van der Waals surface area contributed by atoms with Crippen LogP contribution in [0.5, 0.6) is 0 Å². The van der Waals surface area contributed by atoms with E-state index >= 15 is 0 Å². The molecule has 6 heteroatoms. The van der Waals surface area contributed by atoms with Crippen LogP contribution in [0, 0.1) is 6.42 Å². The lowest BCUT2D eigenvalue weighted by Gasteiger charge is -2.23. The first-order chi connectivity index (χ1) is 4.75. The van der Waals surface area contributed by atoms with E-state index in [0.717, 1.165) is 0 Å². The molecule has 0 N–H and O–H groups in total. The largest absolute Gasteiger partial charge is 0.369 e. The zero-order chi connectivity index (χ0) is 9.28. The Morgan fingerprint density at radius 2 is 1.45 bits per heavy atom. The minimum absolute atomic E-state index is 0.251. The van der Waals surface area contributed by atoms with Crippen LogP contribution in [0.15, 0.2) is 0 Å². The van der Waals surface area contributed by atoms with E-state index in [-0.39, 0.29) is 6.42 Å². The molecular weight excluding hydrogens is 174 g/mol. The number of halogens is 6. The van der Waals surface area contributed by atoms with Gasteiger partial charge in [0.2, 0.25) is 0 Å². The van der Waals surface area contributed by atoms with Gasteiger partial charge in [-0.05, 0) is 0 Å². The molecule has 0 aromatic heterocycles. The molecule has 0 rings (SSSR count). The molecule has 0 atom stereocenters. The first-order valence-corrected chi connectivity index (χ1v) is 2.60. The van der Waals surface area contributed by atoms with Crippen LogP contribution in [0.3, 0.4) is 0 Å². The van der Waals surface area contributed by atoms with Gasteiger partial charge in [0.1, 0.15) is 0 Å². The van der Waals surface area contributed by atoms with Crippen molar-refractivity contribution < 1.29 is 26.3 Å². The Labute approximate surface area is 59.2 Å². The minimum Gasteiger partial charge on any atom is -0.203 e. The SMILES string of the molecule is C[CH]C(F)(F)C(F)(F)C(F)F. The van der Waals surface area contributed by atoms with Crippen LogP contribution in [0.25, 0.3) is 0 Å². The lowest BCUT2D eigenvalue weighted by Crippen LogP contribution is -2.46. The van der Waals surface area contributed by atoms with Crippen LogP contribution in [0.1, 0.15) is 6.92 Å². The van der Waals surface area contributed by atoms with Gasteiger partial charge < -0.3 is 0 Å². The Kier molecular flexibility index (Phi) is 2.79. The molecule has 0 aromatic rings. The van der Waals surface area contributed by atoms with Gasteiger partial charge >= 0.3 is 18.3 Å². The maximum Gasteiger partial charge on any atom is 0.369 e. The molecule has 0 unspecified atom stereocenters. The van der Waals surface area contributed by atoms with Crippen LogP contribution >= 0.6 is 0 Å². The van der Waals surface area contributed by atoms with E-state index < -0.39 is 18.3 Å². The fourth-order valence-corrected chi connectivity index (χ4v) is 0.338. The lowest BCUT2D eigenvalue weighted by molar-refractivity contribution is -0.248. The molecule has 0 amide bonds. The molecule has 0 saturated heterocycles. The Balaban J connectivity index is 4.53. The third-order valence-electron chi connectivity index (χ3n) is 1.08. The summed E-state index contributed by atoms with van der Waals surface area (Å²) in [6.45, 7) is 0.594. The topological polar surface area (TPSA) is 0 Å². The second kappa shape index (κ2) is 2.91. The third kappa shape index (κ3) is 1.78. The Morgan fingerprint density at radius 3 is 1.55 bits per heavy atom. The van der Waals surface area contributed by atoms with Gasteiger partial charge in [-0.15, -0.1) is 0 Å². The summed E-state index contributed by atoms with van der Waals surface area (Å²) in [4.78, 5) is 0. The molecule has 0 aliphatic carbocycles. The van der Waals surface area contributed by atoms with Crippen molar-refractivity contribution in [2.75, 3.05) is 0 Å². The highest BCUT2D eigenvalue weighted by Crippen LogP contribution is 2.40. The summed E-state index contributed by atoms with van der Waals surface area (Å²) in [6, 6.07) is 0. The molecule has 11 heavy (non-hydrogen) atoms. The van der Waals surface area contributed by atoms with Gasteiger partial charge in [-0.1, -0.05) is 6.92 Å². The molecule has 0 bridgehead atoms. The predicted octanol–water partition coefficient (Wildman–Crippen LogP) is 2.75. The van der Waals surface area contributed by atoms with Crippen molar-refractivity contribution in [3.05, 3.63) is 6.42 Å². The number of rotatable bonds is 3. The average molecular weight is 179 g/mol. The molecule has 0 spiro atoms. The molecule has 0 fully saturated rings. The van der Waals surface area contributed by atoms with Gasteiger partial charge in [0, 0.05) is 6.42 Å².